The monoisotopic (exact) mass is 381 g/mol. The SMILES string of the molecule is COc1ccc(-n2[nH]c(C)c(C(C)=Nc3cc(OC)ccc3OC)c2=O)cc1. The van der Waals surface area contributed by atoms with Gasteiger partial charge >= 0.3 is 0 Å². The van der Waals surface area contributed by atoms with E-state index in [4.69, 9.17) is 14.2 Å². The Morgan fingerprint density at radius 1 is 0.964 bits per heavy atom. The lowest BCUT2D eigenvalue weighted by atomic mass is 10.1. The number of aliphatic imine (C=N–C) groups is 1. The average molecular weight is 381 g/mol. The van der Waals surface area contributed by atoms with Crippen molar-refractivity contribution in [2.45, 2.75) is 13.8 Å². The van der Waals surface area contributed by atoms with E-state index in [0.29, 0.717) is 34.1 Å². The third-order valence-electron chi connectivity index (χ3n) is 4.44. The minimum atomic E-state index is -0.175. The summed E-state index contributed by atoms with van der Waals surface area (Å²) in [7, 11) is 4.77. The van der Waals surface area contributed by atoms with Crippen LogP contribution in [0.3, 0.4) is 0 Å². The zero-order chi connectivity index (χ0) is 20.3. The Morgan fingerprint density at radius 3 is 2.21 bits per heavy atom. The van der Waals surface area contributed by atoms with Gasteiger partial charge in [-0.2, -0.15) is 0 Å². The molecule has 0 bridgehead atoms. The number of rotatable bonds is 6. The van der Waals surface area contributed by atoms with Gasteiger partial charge in [0.25, 0.3) is 5.56 Å². The van der Waals surface area contributed by atoms with Crippen LogP contribution in [0.2, 0.25) is 0 Å². The normalized spacial score (nSPS) is 11.4. The van der Waals surface area contributed by atoms with E-state index in [2.05, 4.69) is 10.1 Å². The molecule has 0 radical (unpaired) electrons. The molecule has 28 heavy (non-hydrogen) atoms. The van der Waals surface area contributed by atoms with Crippen LogP contribution in [0.25, 0.3) is 5.69 Å². The van der Waals surface area contributed by atoms with Gasteiger partial charge in [0.05, 0.1) is 38.3 Å². The van der Waals surface area contributed by atoms with Gasteiger partial charge in [0, 0.05) is 11.8 Å². The molecular formula is C21H23N3O4. The molecule has 7 heteroatoms. The van der Waals surface area contributed by atoms with E-state index in [9.17, 15) is 4.79 Å². The Morgan fingerprint density at radius 2 is 1.61 bits per heavy atom. The van der Waals surface area contributed by atoms with Crippen molar-refractivity contribution in [1.29, 1.82) is 0 Å². The van der Waals surface area contributed by atoms with Crippen LogP contribution < -0.4 is 19.8 Å². The molecule has 0 fully saturated rings. The summed E-state index contributed by atoms with van der Waals surface area (Å²) in [6, 6.07) is 12.6. The first kappa shape index (κ1) is 19.3. The van der Waals surface area contributed by atoms with Gasteiger partial charge < -0.3 is 14.2 Å². The Hall–Kier alpha value is -3.48. The summed E-state index contributed by atoms with van der Waals surface area (Å²) in [6.45, 7) is 3.65. The van der Waals surface area contributed by atoms with Gasteiger partial charge in [0.15, 0.2) is 0 Å². The van der Waals surface area contributed by atoms with Crippen LogP contribution in [0.4, 0.5) is 5.69 Å². The van der Waals surface area contributed by atoms with E-state index in [0.717, 1.165) is 11.4 Å². The summed E-state index contributed by atoms with van der Waals surface area (Å²) in [5, 5.41) is 3.11. The fourth-order valence-electron chi connectivity index (χ4n) is 3.01. The van der Waals surface area contributed by atoms with Crippen LogP contribution in [-0.2, 0) is 0 Å². The molecule has 0 aliphatic heterocycles. The van der Waals surface area contributed by atoms with Gasteiger partial charge in [0.2, 0.25) is 0 Å². The van der Waals surface area contributed by atoms with Crippen molar-refractivity contribution in [3.8, 4) is 22.9 Å². The van der Waals surface area contributed by atoms with E-state index < -0.39 is 0 Å². The van der Waals surface area contributed by atoms with E-state index in [1.165, 1.54) is 4.68 Å². The summed E-state index contributed by atoms with van der Waals surface area (Å²) in [6.07, 6.45) is 0. The number of aryl methyl sites for hydroxylation is 1. The average Bonchev–Trinajstić information content (AvgIpc) is 3.02. The lowest BCUT2D eigenvalue weighted by molar-refractivity contribution is 0.404. The maximum atomic E-state index is 13.0. The number of H-pyrrole nitrogens is 1. The van der Waals surface area contributed by atoms with Gasteiger partial charge in [-0.15, -0.1) is 0 Å². The molecule has 0 atom stereocenters. The molecule has 3 rings (SSSR count). The van der Waals surface area contributed by atoms with E-state index in [1.807, 2.05) is 19.1 Å². The van der Waals surface area contributed by atoms with Crippen LogP contribution in [0.5, 0.6) is 17.2 Å². The molecular weight excluding hydrogens is 358 g/mol. The summed E-state index contributed by atoms with van der Waals surface area (Å²) in [5.41, 5.74) is 2.95. The van der Waals surface area contributed by atoms with Crippen LogP contribution in [0.1, 0.15) is 18.2 Å². The number of nitrogens with zero attached hydrogens (tertiary/aromatic N) is 2. The standard InChI is InChI=1S/C21H23N3O4/c1-13(22-18-12-17(27-4)10-11-19(18)28-5)20-14(2)23-24(21(20)25)15-6-8-16(26-3)9-7-15/h6-12,23H,1-5H3. The highest BCUT2D eigenvalue weighted by Gasteiger charge is 2.16. The number of hydrogen-bond acceptors (Lipinski definition) is 5. The molecule has 0 aliphatic rings. The summed E-state index contributed by atoms with van der Waals surface area (Å²) >= 11 is 0. The smallest absolute Gasteiger partial charge is 0.280 e. The number of hydrogen-bond donors (Lipinski definition) is 1. The minimum Gasteiger partial charge on any atom is -0.497 e. The number of nitrogens with one attached hydrogen (secondary N) is 1. The first-order chi connectivity index (χ1) is 13.5. The Kier molecular flexibility index (Phi) is 5.54. The third-order valence-corrected chi connectivity index (χ3v) is 4.44. The maximum absolute atomic E-state index is 13.0. The quantitative estimate of drug-likeness (QED) is 0.661. The first-order valence-corrected chi connectivity index (χ1v) is 8.72. The van der Waals surface area contributed by atoms with Crippen molar-refractivity contribution in [3.63, 3.8) is 0 Å². The Bertz CT molecular complexity index is 1060. The minimum absolute atomic E-state index is 0.175. The predicted molar refractivity (Wildman–Crippen MR) is 109 cm³/mol. The van der Waals surface area contributed by atoms with Gasteiger partial charge in [-0.1, -0.05) is 0 Å². The van der Waals surface area contributed by atoms with Crippen molar-refractivity contribution in [2.75, 3.05) is 21.3 Å². The highest BCUT2D eigenvalue weighted by molar-refractivity contribution is 6.01. The zero-order valence-corrected chi connectivity index (χ0v) is 16.6. The van der Waals surface area contributed by atoms with Crippen LogP contribution >= 0.6 is 0 Å². The highest BCUT2D eigenvalue weighted by atomic mass is 16.5. The molecule has 0 saturated carbocycles. The topological polar surface area (TPSA) is 77.8 Å². The second-order valence-electron chi connectivity index (χ2n) is 6.19. The number of ether oxygens (including phenoxy) is 3. The predicted octanol–water partition coefficient (Wildman–Crippen LogP) is 3.64. The van der Waals surface area contributed by atoms with Gasteiger partial charge in [-0.3, -0.25) is 9.89 Å². The van der Waals surface area contributed by atoms with Crippen molar-refractivity contribution in [1.82, 2.24) is 9.78 Å². The molecule has 1 heterocycles. The molecule has 0 unspecified atom stereocenters. The first-order valence-electron chi connectivity index (χ1n) is 8.72. The second kappa shape index (κ2) is 8.04. The summed E-state index contributed by atoms with van der Waals surface area (Å²) in [5.74, 6) is 1.99. The maximum Gasteiger partial charge on any atom is 0.280 e. The van der Waals surface area contributed by atoms with Gasteiger partial charge in [-0.25, -0.2) is 9.67 Å². The van der Waals surface area contributed by atoms with Crippen LogP contribution in [0, 0.1) is 6.92 Å². The van der Waals surface area contributed by atoms with Crippen LogP contribution in [-0.4, -0.2) is 36.8 Å². The molecule has 146 valence electrons. The van der Waals surface area contributed by atoms with Gasteiger partial charge in [0.1, 0.15) is 22.9 Å². The lowest BCUT2D eigenvalue weighted by Gasteiger charge is -2.07. The zero-order valence-electron chi connectivity index (χ0n) is 16.6. The van der Waals surface area contributed by atoms with E-state index in [-0.39, 0.29) is 5.56 Å². The molecule has 3 aromatic rings. The van der Waals surface area contributed by atoms with Crippen molar-refractivity contribution >= 4 is 11.4 Å². The highest BCUT2D eigenvalue weighted by Crippen LogP contribution is 2.32. The van der Waals surface area contributed by atoms with Crippen molar-refractivity contribution < 1.29 is 14.2 Å². The van der Waals surface area contributed by atoms with E-state index in [1.54, 1.807) is 58.6 Å². The fourth-order valence-corrected chi connectivity index (χ4v) is 3.01. The summed E-state index contributed by atoms with van der Waals surface area (Å²) in [4.78, 5) is 17.6. The van der Waals surface area contributed by atoms with Crippen LogP contribution in [0.15, 0.2) is 52.3 Å². The Labute approximate surface area is 163 Å². The molecule has 1 N–H and O–H groups in total. The molecule has 0 aliphatic carbocycles. The third kappa shape index (κ3) is 3.64. The number of benzene rings is 2. The van der Waals surface area contributed by atoms with E-state index >= 15 is 0 Å². The largest absolute Gasteiger partial charge is 0.497 e. The number of aromatic nitrogens is 2. The fraction of sp³-hybridized carbons (Fsp3) is 0.238. The lowest BCUT2D eigenvalue weighted by Crippen LogP contribution is -2.19. The Balaban J connectivity index is 2.05. The second-order valence-corrected chi connectivity index (χ2v) is 6.19. The van der Waals surface area contributed by atoms with Gasteiger partial charge in [-0.05, 0) is 50.2 Å². The molecule has 0 spiro atoms. The molecule has 0 amide bonds. The molecule has 2 aromatic carbocycles. The van der Waals surface area contributed by atoms with Crippen molar-refractivity contribution in [3.05, 3.63) is 64.1 Å². The molecule has 7 nitrogen and oxygen atoms in total. The molecule has 1 aromatic heterocycles. The summed E-state index contributed by atoms with van der Waals surface area (Å²) < 4.78 is 17.3. The molecule has 0 saturated heterocycles. The number of aromatic amines is 1. The number of methoxy groups -OCH3 is 3. The van der Waals surface area contributed by atoms with Crippen molar-refractivity contribution in [2.24, 2.45) is 4.99 Å².